The summed E-state index contributed by atoms with van der Waals surface area (Å²) >= 11 is 0. The summed E-state index contributed by atoms with van der Waals surface area (Å²) in [6.45, 7) is 1.71. The van der Waals surface area contributed by atoms with E-state index in [2.05, 4.69) is 36.4 Å². The fraction of sp³-hybridized carbons (Fsp3) is 0.0769. The second-order valence-corrected chi connectivity index (χ2v) is 10.9. The lowest BCUT2D eigenvalue weighted by Gasteiger charge is -2.28. The van der Waals surface area contributed by atoms with Crippen molar-refractivity contribution in [2.24, 2.45) is 0 Å². The molecule has 0 aromatic heterocycles. The minimum Gasteiger partial charge on any atom is -0.258 e. The predicted molar refractivity (Wildman–Crippen MR) is 137 cm³/mol. The van der Waals surface area contributed by atoms with Gasteiger partial charge in [-0.3, -0.25) is 10.1 Å². The molecule has 3 nitrogen and oxygen atoms in total. The predicted octanol–water partition coefficient (Wildman–Crippen LogP) is 6.11. The van der Waals surface area contributed by atoms with Crippen LogP contribution in [0.3, 0.4) is 0 Å². The van der Waals surface area contributed by atoms with Crippen LogP contribution in [0.2, 0.25) is 0 Å². The Hall–Kier alpha value is -2.88. The number of rotatable bonds is 6. The molecular weight excluding hydrogens is 488 g/mol. The second-order valence-electron chi connectivity index (χ2n) is 7.44. The first-order valence-corrected chi connectivity index (χ1v) is 12.0. The molecule has 0 fully saturated rings. The molecule has 32 heavy (non-hydrogen) atoms. The van der Waals surface area contributed by atoms with Gasteiger partial charge in [0.15, 0.2) is 0 Å². The van der Waals surface area contributed by atoms with Gasteiger partial charge in [0.1, 0.15) is 29.0 Å². The number of nitrogens with zero attached hydrogens (tertiary/aromatic N) is 1. The van der Waals surface area contributed by atoms with Gasteiger partial charge in [-0.1, -0.05) is 54.6 Å². The topological polar surface area (TPSA) is 43.1 Å². The average molecular weight is 511 g/mol. The zero-order valence-corrected chi connectivity index (χ0v) is 20.1. The van der Waals surface area contributed by atoms with Crippen LogP contribution in [-0.4, -0.2) is 4.92 Å². The first kappa shape index (κ1) is 23.8. The van der Waals surface area contributed by atoms with Crippen molar-refractivity contribution in [2.75, 3.05) is 0 Å². The molecule has 4 rings (SSSR count). The minimum atomic E-state index is -2.26. The van der Waals surface area contributed by atoms with Gasteiger partial charge in [-0.2, -0.15) is 0 Å². The molecule has 162 valence electrons. The molecule has 0 atom stereocenters. The zero-order valence-electron chi connectivity index (χ0n) is 17.5. The largest absolute Gasteiger partial charge is 0.275 e. The summed E-state index contributed by atoms with van der Waals surface area (Å²) < 4.78 is 14.5. The van der Waals surface area contributed by atoms with Gasteiger partial charge in [0.25, 0.3) is 5.69 Å². The first-order chi connectivity index (χ1) is 15.0. The van der Waals surface area contributed by atoms with Crippen molar-refractivity contribution >= 4 is 45.8 Å². The molecule has 0 saturated heterocycles. The van der Waals surface area contributed by atoms with E-state index < -0.39 is 18.0 Å². The highest BCUT2D eigenvalue weighted by atomic mass is 79.9. The maximum atomic E-state index is 14.5. The van der Waals surface area contributed by atoms with Crippen LogP contribution in [-0.2, 0) is 6.16 Å². The summed E-state index contributed by atoms with van der Waals surface area (Å²) in [6.07, 6.45) is 0.496. The first-order valence-electron chi connectivity index (χ1n) is 10.0. The summed E-state index contributed by atoms with van der Waals surface area (Å²) in [5.74, 6) is -0.584. The Morgan fingerprint density at radius 2 is 1.19 bits per heavy atom. The number of hydrogen-bond acceptors (Lipinski definition) is 2. The van der Waals surface area contributed by atoms with Crippen LogP contribution >= 0.6 is 24.2 Å². The third-order valence-electron chi connectivity index (χ3n) is 5.65. The van der Waals surface area contributed by atoms with Crippen molar-refractivity contribution in [3.05, 3.63) is 130 Å². The van der Waals surface area contributed by atoms with Gasteiger partial charge < -0.3 is 0 Å². The normalized spacial score (nSPS) is 10.9. The van der Waals surface area contributed by atoms with Gasteiger partial charge in [-0.25, -0.2) is 4.39 Å². The lowest BCUT2D eigenvalue weighted by molar-refractivity contribution is -0.385. The molecule has 6 heteroatoms. The Kier molecular flexibility index (Phi) is 7.55. The number of hydrogen-bond donors (Lipinski definition) is 0. The summed E-state index contributed by atoms with van der Waals surface area (Å²) in [4.78, 5) is 11.0. The molecule has 0 N–H and O–H groups in total. The van der Waals surface area contributed by atoms with Gasteiger partial charge in [-0.15, -0.1) is 17.0 Å². The van der Waals surface area contributed by atoms with Crippen LogP contribution in [0, 0.1) is 22.9 Å². The van der Waals surface area contributed by atoms with E-state index in [-0.39, 0.29) is 22.7 Å². The van der Waals surface area contributed by atoms with E-state index >= 15 is 0 Å². The molecule has 4 aromatic rings. The van der Waals surface area contributed by atoms with Crippen LogP contribution in [0.15, 0.2) is 103 Å². The summed E-state index contributed by atoms with van der Waals surface area (Å²) in [5, 5.41) is 15.0. The number of halogens is 2. The van der Waals surface area contributed by atoms with Crippen molar-refractivity contribution < 1.29 is 9.31 Å². The lowest BCUT2D eigenvalue weighted by atomic mass is 10.1. The molecular formula is C26H23BrFNO2P+. The zero-order chi connectivity index (χ0) is 21.8. The SMILES string of the molecule is Br.Cc1c(C[P+](c2ccccc2)(c2ccccc2)c2ccccc2)cc(F)cc1[N+](=O)[O-]. The van der Waals surface area contributed by atoms with Crippen molar-refractivity contribution in [1.82, 2.24) is 0 Å². The Balaban J connectivity index is 0.00000289. The minimum absolute atomic E-state index is 0. The fourth-order valence-corrected chi connectivity index (χ4v) is 8.42. The molecule has 0 heterocycles. The molecule has 0 amide bonds. The standard InChI is InChI=1S/C26H22FNO2P.BrH/c1-20-21(17-22(27)18-26(20)28(29)30)19-31(23-11-5-2-6-12-23,24-13-7-3-8-14-24)25-15-9-4-10-16-25;/h2-18H,19H2,1H3;1H/q+1;. The summed E-state index contributed by atoms with van der Waals surface area (Å²) in [7, 11) is -2.26. The van der Waals surface area contributed by atoms with Crippen LogP contribution < -0.4 is 15.9 Å². The molecule has 0 radical (unpaired) electrons. The van der Waals surface area contributed by atoms with E-state index in [1.54, 1.807) is 6.92 Å². The van der Waals surface area contributed by atoms with Crippen molar-refractivity contribution in [2.45, 2.75) is 13.1 Å². The molecule has 0 bridgehead atoms. The van der Waals surface area contributed by atoms with E-state index in [0.717, 1.165) is 22.0 Å². The maximum Gasteiger partial charge on any atom is 0.275 e. The van der Waals surface area contributed by atoms with Crippen LogP contribution in [0.25, 0.3) is 0 Å². The summed E-state index contributed by atoms with van der Waals surface area (Å²) in [5.41, 5.74) is 0.998. The lowest BCUT2D eigenvalue weighted by Crippen LogP contribution is -2.32. The van der Waals surface area contributed by atoms with Crippen LogP contribution in [0.5, 0.6) is 0 Å². The van der Waals surface area contributed by atoms with Crippen LogP contribution in [0.1, 0.15) is 11.1 Å². The van der Waals surface area contributed by atoms with E-state index in [0.29, 0.717) is 17.3 Å². The Morgan fingerprint density at radius 1 is 0.781 bits per heavy atom. The quantitative estimate of drug-likeness (QED) is 0.178. The Labute approximate surface area is 198 Å². The van der Waals surface area contributed by atoms with E-state index in [9.17, 15) is 14.5 Å². The number of nitro groups is 1. The van der Waals surface area contributed by atoms with E-state index in [4.69, 9.17) is 0 Å². The van der Waals surface area contributed by atoms with Crippen LogP contribution in [0.4, 0.5) is 10.1 Å². The highest BCUT2D eigenvalue weighted by Gasteiger charge is 2.46. The third-order valence-corrected chi connectivity index (χ3v) is 10.0. The molecule has 0 spiro atoms. The highest BCUT2D eigenvalue weighted by Crippen LogP contribution is 2.58. The monoisotopic (exact) mass is 510 g/mol. The second kappa shape index (κ2) is 10.2. The maximum absolute atomic E-state index is 14.5. The molecule has 0 saturated carbocycles. The van der Waals surface area contributed by atoms with Gasteiger partial charge in [-0.05, 0) is 49.4 Å². The molecule has 0 aliphatic heterocycles. The van der Waals surface area contributed by atoms with E-state index in [1.165, 1.54) is 6.07 Å². The number of benzene rings is 4. The number of nitro benzene ring substituents is 1. The van der Waals surface area contributed by atoms with Gasteiger partial charge in [0.2, 0.25) is 0 Å². The molecule has 4 aromatic carbocycles. The Morgan fingerprint density at radius 3 is 1.56 bits per heavy atom. The smallest absolute Gasteiger partial charge is 0.258 e. The van der Waals surface area contributed by atoms with Gasteiger partial charge in [0.05, 0.1) is 17.2 Å². The third kappa shape index (κ3) is 4.50. The highest BCUT2D eigenvalue weighted by molar-refractivity contribution is 8.93. The summed E-state index contributed by atoms with van der Waals surface area (Å²) in [6, 6.07) is 33.1. The fourth-order valence-electron chi connectivity index (χ4n) is 4.10. The van der Waals surface area contributed by atoms with E-state index in [1.807, 2.05) is 54.6 Å². The van der Waals surface area contributed by atoms with Gasteiger partial charge >= 0.3 is 0 Å². The van der Waals surface area contributed by atoms with Gasteiger partial charge in [0, 0.05) is 11.1 Å². The molecule has 0 aliphatic rings. The van der Waals surface area contributed by atoms with Crippen molar-refractivity contribution in [3.63, 3.8) is 0 Å². The average Bonchev–Trinajstić information content (AvgIpc) is 2.81. The van der Waals surface area contributed by atoms with Crippen molar-refractivity contribution in [3.8, 4) is 0 Å². The van der Waals surface area contributed by atoms with Crippen molar-refractivity contribution in [1.29, 1.82) is 0 Å². The Bertz CT molecular complexity index is 1110. The molecule has 0 aliphatic carbocycles. The molecule has 0 unspecified atom stereocenters.